The maximum Gasteiger partial charge on any atom is 0.355 e. The van der Waals surface area contributed by atoms with Crippen molar-refractivity contribution in [3.63, 3.8) is 0 Å². The number of carbonyl (C=O) groups is 1. The third-order valence-electron chi connectivity index (χ3n) is 3.42. The Morgan fingerprint density at radius 1 is 1.22 bits per heavy atom. The van der Waals surface area contributed by atoms with Gasteiger partial charge >= 0.3 is 5.97 Å². The molecule has 0 bridgehead atoms. The van der Waals surface area contributed by atoms with Gasteiger partial charge < -0.3 is 9.72 Å². The number of rotatable bonds is 4. The van der Waals surface area contributed by atoms with Crippen LogP contribution in [-0.2, 0) is 11.3 Å². The second-order valence-corrected chi connectivity index (χ2v) is 6.64. The highest BCUT2D eigenvalue weighted by molar-refractivity contribution is 7.14. The molecule has 4 aromatic rings. The molecule has 4 rings (SSSR count). The van der Waals surface area contributed by atoms with Crippen molar-refractivity contribution in [3.8, 4) is 10.6 Å². The number of hydrogen-bond acceptors (Lipinski definition) is 5. The Balaban J connectivity index is 1.45. The lowest BCUT2D eigenvalue weighted by atomic mass is 10.2. The smallest absolute Gasteiger partial charge is 0.355 e. The second-order valence-electron chi connectivity index (χ2n) is 5.00. The number of fused-ring (bicyclic) bond motifs is 1. The Labute approximate surface area is 140 Å². The number of para-hydroxylation sites is 1. The molecule has 0 aliphatic rings. The molecule has 23 heavy (non-hydrogen) atoms. The van der Waals surface area contributed by atoms with Crippen molar-refractivity contribution in [1.29, 1.82) is 0 Å². The third-order valence-corrected chi connectivity index (χ3v) is 5.04. The van der Waals surface area contributed by atoms with Crippen LogP contribution in [0.15, 0.2) is 52.5 Å². The summed E-state index contributed by atoms with van der Waals surface area (Å²) in [4.78, 5) is 19.7. The Bertz CT molecular complexity index is 921. The minimum atomic E-state index is -0.369. The first kappa shape index (κ1) is 14.2. The number of aromatic amines is 1. The molecular formula is C17H12N2O2S2. The number of nitrogens with one attached hydrogen (secondary N) is 1. The molecule has 0 radical (unpaired) electrons. The molecule has 0 saturated carbocycles. The molecule has 0 aliphatic carbocycles. The van der Waals surface area contributed by atoms with E-state index in [1.807, 2.05) is 41.1 Å². The average molecular weight is 340 g/mol. The number of thiophene rings is 1. The van der Waals surface area contributed by atoms with Gasteiger partial charge in [-0.25, -0.2) is 9.78 Å². The molecule has 0 saturated heterocycles. The highest BCUT2D eigenvalue weighted by Crippen LogP contribution is 2.26. The van der Waals surface area contributed by atoms with Crippen LogP contribution in [0.3, 0.4) is 0 Å². The summed E-state index contributed by atoms with van der Waals surface area (Å²) in [6.07, 6.45) is 0. The SMILES string of the molecule is O=C(OCc1csc(-c2ccsc2)n1)c1cc2ccccc2[nH]1. The molecule has 0 aliphatic heterocycles. The fourth-order valence-corrected chi connectivity index (χ4v) is 3.81. The standard InChI is InChI=1S/C17H12N2O2S2/c20-17(15-7-11-3-1-2-4-14(11)19-15)21-8-13-10-23-16(18-13)12-5-6-22-9-12/h1-7,9-10,19H,8H2. The number of hydrogen-bond donors (Lipinski definition) is 1. The lowest BCUT2D eigenvalue weighted by Crippen LogP contribution is -2.05. The molecule has 0 atom stereocenters. The van der Waals surface area contributed by atoms with Crippen molar-refractivity contribution in [2.75, 3.05) is 0 Å². The van der Waals surface area contributed by atoms with E-state index in [2.05, 4.69) is 15.3 Å². The van der Waals surface area contributed by atoms with E-state index in [4.69, 9.17) is 4.74 Å². The molecule has 0 unspecified atom stereocenters. The molecule has 6 heteroatoms. The van der Waals surface area contributed by atoms with Crippen LogP contribution in [0.2, 0.25) is 0 Å². The molecular weight excluding hydrogens is 328 g/mol. The fraction of sp³-hybridized carbons (Fsp3) is 0.0588. The van der Waals surface area contributed by atoms with E-state index in [0.29, 0.717) is 5.69 Å². The summed E-state index contributed by atoms with van der Waals surface area (Å²) in [5.41, 5.74) is 3.25. The zero-order valence-corrected chi connectivity index (χ0v) is 13.6. The molecule has 0 fully saturated rings. The molecule has 3 aromatic heterocycles. The highest BCUT2D eigenvalue weighted by Gasteiger charge is 2.12. The van der Waals surface area contributed by atoms with Crippen LogP contribution >= 0.6 is 22.7 Å². The summed E-state index contributed by atoms with van der Waals surface area (Å²) in [6, 6.07) is 11.6. The van der Waals surface area contributed by atoms with Gasteiger partial charge in [0.25, 0.3) is 0 Å². The number of thiazole rings is 1. The van der Waals surface area contributed by atoms with Gasteiger partial charge in [0.15, 0.2) is 0 Å². The van der Waals surface area contributed by atoms with Gasteiger partial charge in [-0.05, 0) is 23.6 Å². The van der Waals surface area contributed by atoms with Crippen molar-refractivity contribution >= 4 is 39.5 Å². The fourth-order valence-electron chi connectivity index (χ4n) is 2.29. The maximum absolute atomic E-state index is 12.1. The van der Waals surface area contributed by atoms with Gasteiger partial charge in [0, 0.05) is 27.2 Å². The quantitative estimate of drug-likeness (QED) is 0.547. The largest absolute Gasteiger partial charge is 0.454 e. The van der Waals surface area contributed by atoms with Gasteiger partial charge in [-0.1, -0.05) is 18.2 Å². The van der Waals surface area contributed by atoms with E-state index in [9.17, 15) is 4.79 Å². The lowest BCUT2D eigenvalue weighted by Gasteiger charge is -2.00. The predicted octanol–water partition coefficient (Wildman–Crippen LogP) is 4.71. The summed E-state index contributed by atoms with van der Waals surface area (Å²) < 4.78 is 5.35. The van der Waals surface area contributed by atoms with Crippen molar-refractivity contribution in [2.24, 2.45) is 0 Å². The number of aromatic nitrogens is 2. The van der Waals surface area contributed by atoms with Gasteiger partial charge in [-0.15, -0.1) is 11.3 Å². The van der Waals surface area contributed by atoms with Gasteiger partial charge in [0.05, 0.1) is 5.69 Å². The van der Waals surface area contributed by atoms with Gasteiger partial charge in [-0.3, -0.25) is 0 Å². The number of benzene rings is 1. The zero-order valence-electron chi connectivity index (χ0n) is 12.0. The Hall–Kier alpha value is -2.44. The van der Waals surface area contributed by atoms with Crippen LogP contribution in [0.5, 0.6) is 0 Å². The van der Waals surface area contributed by atoms with Crippen molar-refractivity contribution in [2.45, 2.75) is 6.61 Å². The van der Waals surface area contributed by atoms with Gasteiger partial charge in [0.1, 0.15) is 17.3 Å². The third kappa shape index (κ3) is 2.91. The van der Waals surface area contributed by atoms with E-state index in [1.165, 1.54) is 0 Å². The van der Waals surface area contributed by atoms with E-state index >= 15 is 0 Å². The number of nitrogens with zero attached hydrogens (tertiary/aromatic N) is 1. The Morgan fingerprint density at radius 3 is 2.96 bits per heavy atom. The summed E-state index contributed by atoms with van der Waals surface area (Å²) in [5.74, 6) is -0.369. The summed E-state index contributed by atoms with van der Waals surface area (Å²) in [6.45, 7) is 0.175. The van der Waals surface area contributed by atoms with E-state index in [0.717, 1.165) is 27.2 Å². The predicted molar refractivity (Wildman–Crippen MR) is 92.8 cm³/mol. The van der Waals surface area contributed by atoms with E-state index in [-0.39, 0.29) is 12.6 Å². The molecule has 1 aromatic carbocycles. The van der Waals surface area contributed by atoms with Crippen molar-refractivity contribution < 1.29 is 9.53 Å². The van der Waals surface area contributed by atoms with Crippen LogP contribution in [0, 0.1) is 0 Å². The van der Waals surface area contributed by atoms with Crippen LogP contribution in [0.1, 0.15) is 16.2 Å². The van der Waals surface area contributed by atoms with E-state index < -0.39 is 0 Å². The minimum absolute atomic E-state index is 0.175. The number of esters is 1. The van der Waals surface area contributed by atoms with Gasteiger partial charge in [0.2, 0.25) is 0 Å². The summed E-state index contributed by atoms with van der Waals surface area (Å²) in [7, 11) is 0. The molecule has 114 valence electrons. The van der Waals surface area contributed by atoms with Crippen molar-refractivity contribution in [1.82, 2.24) is 9.97 Å². The summed E-state index contributed by atoms with van der Waals surface area (Å²) >= 11 is 3.19. The maximum atomic E-state index is 12.1. The lowest BCUT2D eigenvalue weighted by molar-refractivity contribution is 0.0462. The molecule has 0 spiro atoms. The Morgan fingerprint density at radius 2 is 2.13 bits per heavy atom. The second kappa shape index (κ2) is 5.98. The zero-order chi connectivity index (χ0) is 15.6. The molecule has 4 nitrogen and oxygen atoms in total. The number of carbonyl (C=O) groups excluding carboxylic acids is 1. The summed E-state index contributed by atoms with van der Waals surface area (Å²) in [5, 5.41) is 7.94. The first-order chi connectivity index (χ1) is 11.3. The highest BCUT2D eigenvalue weighted by atomic mass is 32.1. The van der Waals surface area contributed by atoms with Gasteiger partial charge in [-0.2, -0.15) is 11.3 Å². The van der Waals surface area contributed by atoms with Crippen molar-refractivity contribution in [3.05, 3.63) is 63.9 Å². The van der Waals surface area contributed by atoms with Crippen LogP contribution in [0.4, 0.5) is 0 Å². The minimum Gasteiger partial charge on any atom is -0.454 e. The number of H-pyrrole nitrogens is 1. The molecule has 1 N–H and O–H groups in total. The van der Waals surface area contributed by atoms with Crippen LogP contribution in [-0.4, -0.2) is 15.9 Å². The van der Waals surface area contributed by atoms with Crippen LogP contribution in [0.25, 0.3) is 21.5 Å². The monoisotopic (exact) mass is 340 g/mol. The first-order valence-electron chi connectivity index (χ1n) is 7.01. The first-order valence-corrected chi connectivity index (χ1v) is 8.84. The van der Waals surface area contributed by atoms with Crippen LogP contribution < -0.4 is 0 Å². The normalized spacial score (nSPS) is 11.0. The average Bonchev–Trinajstić information content (AvgIpc) is 3.31. The Kier molecular flexibility index (Phi) is 3.69. The molecule has 0 amide bonds. The van der Waals surface area contributed by atoms with E-state index in [1.54, 1.807) is 28.7 Å². The topological polar surface area (TPSA) is 55.0 Å². The molecule has 3 heterocycles. The number of ether oxygens (including phenoxy) is 1.